The van der Waals surface area contributed by atoms with Gasteiger partial charge in [-0.1, -0.05) is 51.1 Å². The maximum absolute atomic E-state index is 12.6. The van der Waals surface area contributed by atoms with Crippen molar-refractivity contribution in [2.24, 2.45) is 5.92 Å². The molecule has 0 aliphatic carbocycles. The first-order chi connectivity index (χ1) is 9.54. The number of hydrogen-bond donors (Lipinski definition) is 1. The second-order valence-electron chi connectivity index (χ2n) is 5.59. The van der Waals surface area contributed by atoms with E-state index in [1.807, 2.05) is 51.1 Å². The van der Waals surface area contributed by atoms with Gasteiger partial charge in [-0.25, -0.2) is 0 Å². The van der Waals surface area contributed by atoms with Gasteiger partial charge >= 0.3 is 0 Å². The molecule has 1 heterocycles. The van der Waals surface area contributed by atoms with Crippen molar-refractivity contribution >= 4 is 11.8 Å². The maximum Gasteiger partial charge on any atom is 0.246 e. The van der Waals surface area contributed by atoms with E-state index in [-0.39, 0.29) is 30.3 Å². The fraction of sp³-hybridized carbons (Fsp3) is 0.500. The van der Waals surface area contributed by atoms with E-state index in [9.17, 15) is 9.59 Å². The minimum absolute atomic E-state index is 0.0234. The number of nitrogens with zero attached hydrogens (tertiary/aromatic N) is 1. The van der Waals surface area contributed by atoms with Crippen molar-refractivity contribution in [1.29, 1.82) is 0 Å². The van der Waals surface area contributed by atoms with E-state index < -0.39 is 6.04 Å². The molecule has 0 spiro atoms. The first-order valence-corrected chi connectivity index (χ1v) is 7.19. The van der Waals surface area contributed by atoms with Gasteiger partial charge in [-0.05, 0) is 17.9 Å². The molecule has 2 amide bonds. The summed E-state index contributed by atoms with van der Waals surface area (Å²) >= 11 is 0. The summed E-state index contributed by atoms with van der Waals surface area (Å²) in [6.45, 7) is 6.10. The van der Waals surface area contributed by atoms with Gasteiger partial charge in [0.2, 0.25) is 11.8 Å². The Kier molecular flexibility index (Phi) is 4.42. The minimum Gasteiger partial charge on any atom is -0.343 e. The Morgan fingerprint density at radius 2 is 1.90 bits per heavy atom. The summed E-state index contributed by atoms with van der Waals surface area (Å²) < 4.78 is 0. The number of amides is 2. The molecular weight excluding hydrogens is 252 g/mol. The Balaban J connectivity index is 2.28. The van der Waals surface area contributed by atoms with Crippen molar-refractivity contribution in [1.82, 2.24) is 10.2 Å². The number of piperazine rings is 1. The van der Waals surface area contributed by atoms with Gasteiger partial charge in [-0.2, -0.15) is 0 Å². The van der Waals surface area contributed by atoms with Crippen molar-refractivity contribution in [3.05, 3.63) is 35.9 Å². The zero-order valence-corrected chi connectivity index (χ0v) is 12.3. The van der Waals surface area contributed by atoms with Crippen LogP contribution in [-0.2, 0) is 9.59 Å². The summed E-state index contributed by atoms with van der Waals surface area (Å²) in [7, 11) is 0. The number of hydrogen-bond acceptors (Lipinski definition) is 2. The molecule has 4 heteroatoms. The fourth-order valence-corrected chi connectivity index (χ4v) is 2.72. The van der Waals surface area contributed by atoms with Crippen molar-refractivity contribution in [3.63, 3.8) is 0 Å². The number of nitrogens with one attached hydrogen (secondary N) is 1. The molecule has 2 unspecified atom stereocenters. The molecular formula is C16H22N2O2. The maximum atomic E-state index is 12.6. The molecule has 0 saturated carbocycles. The third-order valence-corrected chi connectivity index (χ3v) is 3.79. The second kappa shape index (κ2) is 6.07. The van der Waals surface area contributed by atoms with Crippen LogP contribution in [-0.4, -0.2) is 29.3 Å². The van der Waals surface area contributed by atoms with Crippen molar-refractivity contribution in [2.75, 3.05) is 6.54 Å². The molecule has 1 saturated heterocycles. The smallest absolute Gasteiger partial charge is 0.246 e. The Labute approximate surface area is 120 Å². The lowest BCUT2D eigenvalue weighted by Crippen LogP contribution is -2.60. The normalized spacial score (nSPS) is 21.0. The predicted octanol–water partition coefficient (Wildman–Crippen LogP) is 2.12. The standard InChI is InChI=1S/C16H22N2O2/c1-4-13(12-8-6-5-7-9-12)18-10-14(19)17-15(11(2)3)16(18)20/h5-9,11,13,15H,4,10H2,1-3H3,(H,17,19). The van der Waals surface area contributed by atoms with Gasteiger partial charge in [0, 0.05) is 0 Å². The lowest BCUT2D eigenvalue weighted by atomic mass is 9.96. The summed E-state index contributed by atoms with van der Waals surface area (Å²) in [6.07, 6.45) is 0.799. The van der Waals surface area contributed by atoms with Crippen LogP contribution in [0.4, 0.5) is 0 Å². The van der Waals surface area contributed by atoms with Gasteiger partial charge in [0.1, 0.15) is 12.6 Å². The number of carbonyl (C=O) groups is 2. The molecule has 1 aromatic carbocycles. The third-order valence-electron chi connectivity index (χ3n) is 3.79. The summed E-state index contributed by atoms with van der Waals surface area (Å²) in [5, 5.41) is 2.80. The van der Waals surface area contributed by atoms with E-state index in [1.165, 1.54) is 0 Å². The second-order valence-corrected chi connectivity index (χ2v) is 5.59. The van der Waals surface area contributed by atoms with E-state index in [0.717, 1.165) is 12.0 Å². The van der Waals surface area contributed by atoms with Crippen LogP contribution in [0.2, 0.25) is 0 Å². The Hall–Kier alpha value is -1.84. The van der Waals surface area contributed by atoms with Crippen LogP contribution in [0, 0.1) is 5.92 Å². The lowest BCUT2D eigenvalue weighted by Gasteiger charge is -2.39. The van der Waals surface area contributed by atoms with E-state index in [2.05, 4.69) is 5.32 Å². The van der Waals surface area contributed by atoms with Gasteiger partial charge in [-0.3, -0.25) is 9.59 Å². The van der Waals surface area contributed by atoms with Crippen LogP contribution < -0.4 is 5.32 Å². The Morgan fingerprint density at radius 1 is 1.25 bits per heavy atom. The van der Waals surface area contributed by atoms with Crippen molar-refractivity contribution < 1.29 is 9.59 Å². The zero-order chi connectivity index (χ0) is 14.7. The van der Waals surface area contributed by atoms with Gasteiger partial charge in [-0.15, -0.1) is 0 Å². The molecule has 0 bridgehead atoms. The van der Waals surface area contributed by atoms with Crippen LogP contribution in [0.1, 0.15) is 38.8 Å². The molecule has 4 nitrogen and oxygen atoms in total. The number of carbonyl (C=O) groups excluding carboxylic acids is 2. The Bertz CT molecular complexity index is 485. The molecule has 1 N–H and O–H groups in total. The highest BCUT2D eigenvalue weighted by Gasteiger charge is 2.37. The largest absolute Gasteiger partial charge is 0.343 e. The number of rotatable bonds is 4. The molecule has 108 valence electrons. The van der Waals surface area contributed by atoms with Crippen LogP contribution in [0.25, 0.3) is 0 Å². The van der Waals surface area contributed by atoms with E-state index in [4.69, 9.17) is 0 Å². The van der Waals surface area contributed by atoms with Crippen molar-refractivity contribution in [2.45, 2.75) is 39.3 Å². The molecule has 1 aliphatic heterocycles. The van der Waals surface area contributed by atoms with Gasteiger partial charge in [0.05, 0.1) is 6.04 Å². The fourth-order valence-electron chi connectivity index (χ4n) is 2.72. The summed E-state index contributed by atoms with van der Waals surface area (Å²) in [6, 6.07) is 9.47. The molecule has 0 aromatic heterocycles. The van der Waals surface area contributed by atoms with Gasteiger partial charge in [0.15, 0.2) is 0 Å². The average molecular weight is 274 g/mol. The molecule has 2 rings (SSSR count). The zero-order valence-electron chi connectivity index (χ0n) is 12.3. The minimum atomic E-state index is -0.408. The average Bonchev–Trinajstić information content (AvgIpc) is 2.44. The van der Waals surface area contributed by atoms with E-state index in [0.29, 0.717) is 0 Å². The van der Waals surface area contributed by atoms with Crippen LogP contribution in [0.5, 0.6) is 0 Å². The molecule has 0 radical (unpaired) electrons. The third kappa shape index (κ3) is 2.84. The highest BCUT2D eigenvalue weighted by molar-refractivity contribution is 5.95. The predicted molar refractivity (Wildman–Crippen MR) is 78.0 cm³/mol. The topological polar surface area (TPSA) is 49.4 Å². The van der Waals surface area contributed by atoms with Gasteiger partial charge < -0.3 is 10.2 Å². The molecule has 1 fully saturated rings. The highest BCUT2D eigenvalue weighted by Crippen LogP contribution is 2.27. The van der Waals surface area contributed by atoms with E-state index >= 15 is 0 Å². The number of benzene rings is 1. The molecule has 1 aromatic rings. The molecule has 1 aliphatic rings. The quantitative estimate of drug-likeness (QED) is 0.914. The Morgan fingerprint density at radius 3 is 2.45 bits per heavy atom. The highest BCUT2D eigenvalue weighted by atomic mass is 16.2. The summed E-state index contributed by atoms with van der Waals surface area (Å²) in [4.78, 5) is 26.2. The van der Waals surface area contributed by atoms with Crippen LogP contribution >= 0.6 is 0 Å². The van der Waals surface area contributed by atoms with Gasteiger partial charge in [0.25, 0.3) is 0 Å². The first-order valence-electron chi connectivity index (χ1n) is 7.19. The lowest BCUT2D eigenvalue weighted by molar-refractivity contribution is -0.148. The first kappa shape index (κ1) is 14.6. The monoisotopic (exact) mass is 274 g/mol. The van der Waals surface area contributed by atoms with Crippen LogP contribution in [0.15, 0.2) is 30.3 Å². The van der Waals surface area contributed by atoms with E-state index in [1.54, 1.807) is 4.90 Å². The SMILES string of the molecule is CCC(c1ccccc1)N1CC(=O)NC(C(C)C)C1=O. The summed E-state index contributed by atoms with van der Waals surface area (Å²) in [5.74, 6) is 0.0514. The summed E-state index contributed by atoms with van der Waals surface area (Å²) in [5.41, 5.74) is 1.08. The molecule has 20 heavy (non-hydrogen) atoms. The molecule has 2 atom stereocenters. The van der Waals surface area contributed by atoms with Crippen LogP contribution in [0.3, 0.4) is 0 Å². The van der Waals surface area contributed by atoms with Crippen molar-refractivity contribution in [3.8, 4) is 0 Å².